The highest BCUT2D eigenvalue weighted by molar-refractivity contribution is 6.29. The lowest BCUT2D eigenvalue weighted by Gasteiger charge is -2.18. The van der Waals surface area contributed by atoms with Crippen molar-refractivity contribution >= 4 is 23.5 Å². The van der Waals surface area contributed by atoms with Crippen molar-refractivity contribution in [3.8, 4) is 11.5 Å². The van der Waals surface area contributed by atoms with Gasteiger partial charge in [0.05, 0.1) is 2.74 Å². The van der Waals surface area contributed by atoms with Gasteiger partial charge in [-0.15, -0.1) is 0 Å². The molecule has 0 fully saturated rings. The summed E-state index contributed by atoms with van der Waals surface area (Å²) in [5, 5.41) is 4.81. The van der Waals surface area contributed by atoms with E-state index in [2.05, 4.69) is 30.6 Å². The number of hydrogen-bond donors (Lipinski definition) is 2. The molecule has 0 saturated carbocycles. The van der Waals surface area contributed by atoms with E-state index in [1.807, 2.05) is 0 Å². The zero-order chi connectivity index (χ0) is 19.7. The van der Waals surface area contributed by atoms with Gasteiger partial charge in [0.2, 0.25) is 11.9 Å². The Morgan fingerprint density at radius 1 is 1.08 bits per heavy atom. The molecule has 0 aromatic carbocycles. The van der Waals surface area contributed by atoms with Crippen molar-refractivity contribution in [1.29, 1.82) is 0 Å². The van der Waals surface area contributed by atoms with Crippen LogP contribution in [0.1, 0.15) is 23.5 Å². The minimum absolute atomic E-state index is 0.0152. The predicted molar refractivity (Wildman–Crippen MR) is 86.0 cm³/mol. The molecule has 2 rings (SSSR count). The normalized spacial score (nSPS) is 14.6. The fraction of sp³-hybridized carbons (Fsp3) is 0.429. The smallest absolute Gasteiger partial charge is 0.352 e. The SMILES string of the molecule is [2H]c1cc(Cl)nc(-c2nc(N[C@H](C)C(F)(F)F)nc(NC([2H])(C)C)n2)c1. The molecule has 0 aliphatic carbocycles. The van der Waals surface area contributed by atoms with Gasteiger partial charge in [-0.2, -0.15) is 28.1 Å². The Hall–Kier alpha value is -2.16. The fourth-order valence-electron chi connectivity index (χ4n) is 1.59. The van der Waals surface area contributed by atoms with E-state index in [0.29, 0.717) is 0 Å². The highest BCUT2D eigenvalue weighted by Crippen LogP contribution is 2.24. The number of rotatable bonds is 5. The molecule has 0 unspecified atom stereocenters. The molecular formula is C14H16ClF3N6. The van der Waals surface area contributed by atoms with Crippen molar-refractivity contribution < 1.29 is 15.9 Å². The van der Waals surface area contributed by atoms with Crippen molar-refractivity contribution in [2.45, 2.75) is 39.0 Å². The van der Waals surface area contributed by atoms with Crippen LogP contribution in [-0.2, 0) is 0 Å². The van der Waals surface area contributed by atoms with Crippen LogP contribution < -0.4 is 10.6 Å². The van der Waals surface area contributed by atoms with E-state index >= 15 is 0 Å². The van der Waals surface area contributed by atoms with E-state index in [-0.39, 0.29) is 34.6 Å². The molecule has 2 N–H and O–H groups in total. The number of nitrogens with zero attached hydrogens (tertiary/aromatic N) is 4. The lowest BCUT2D eigenvalue weighted by Crippen LogP contribution is -2.34. The number of alkyl halides is 3. The summed E-state index contributed by atoms with van der Waals surface area (Å²) in [5.41, 5.74) is 0.0958. The molecule has 0 spiro atoms. The van der Waals surface area contributed by atoms with Gasteiger partial charge in [0.15, 0.2) is 5.82 Å². The molecule has 0 aliphatic rings. The van der Waals surface area contributed by atoms with E-state index in [4.69, 9.17) is 14.3 Å². The highest BCUT2D eigenvalue weighted by Gasteiger charge is 2.36. The molecule has 2 aromatic rings. The van der Waals surface area contributed by atoms with E-state index in [1.165, 1.54) is 26.0 Å². The van der Waals surface area contributed by atoms with Crippen molar-refractivity contribution in [1.82, 2.24) is 19.9 Å². The van der Waals surface area contributed by atoms with Crippen LogP contribution in [0.4, 0.5) is 25.1 Å². The molecule has 130 valence electrons. The predicted octanol–water partition coefficient (Wildman–Crippen LogP) is 3.77. The number of hydrogen-bond acceptors (Lipinski definition) is 6. The Bertz CT molecular complexity index is 777. The third-order valence-corrected chi connectivity index (χ3v) is 2.91. The summed E-state index contributed by atoms with van der Waals surface area (Å²) in [6.45, 7) is 3.95. The zero-order valence-corrected chi connectivity index (χ0v) is 13.8. The maximum Gasteiger partial charge on any atom is 0.408 e. The van der Waals surface area contributed by atoms with Crippen molar-refractivity contribution in [3.63, 3.8) is 0 Å². The van der Waals surface area contributed by atoms with E-state index in [1.54, 1.807) is 0 Å². The molecule has 2 heterocycles. The van der Waals surface area contributed by atoms with Crippen LogP contribution in [0, 0.1) is 0 Å². The van der Waals surface area contributed by atoms with Crippen LogP contribution in [0.3, 0.4) is 0 Å². The maximum absolute atomic E-state index is 12.8. The molecule has 0 bridgehead atoms. The summed E-state index contributed by atoms with van der Waals surface area (Å²) >= 11 is 5.82. The molecule has 0 aliphatic heterocycles. The van der Waals surface area contributed by atoms with Crippen LogP contribution in [0.15, 0.2) is 18.2 Å². The van der Waals surface area contributed by atoms with Gasteiger partial charge in [-0.05, 0) is 32.9 Å². The van der Waals surface area contributed by atoms with Gasteiger partial charge in [-0.3, -0.25) is 0 Å². The standard InChI is InChI=1S/C14H16ClF3N6/c1-7(2)19-12-22-11(9-5-4-6-10(15)21-9)23-13(24-12)20-8(3)14(16,17)18/h4-8H,1-3H3,(H2,19,20,22,23,24)/t8-/m1/s1/i4D,7D. The van der Waals surface area contributed by atoms with Crippen LogP contribution in [0.25, 0.3) is 11.5 Å². The minimum atomic E-state index is -4.50. The Morgan fingerprint density at radius 2 is 1.71 bits per heavy atom. The number of anilines is 2. The Kier molecular flexibility index (Phi) is 4.59. The summed E-state index contributed by atoms with van der Waals surface area (Å²) in [7, 11) is 0. The quantitative estimate of drug-likeness (QED) is 0.788. The topological polar surface area (TPSA) is 75.6 Å². The van der Waals surface area contributed by atoms with Gasteiger partial charge in [0, 0.05) is 6.02 Å². The summed E-state index contributed by atoms with van der Waals surface area (Å²) in [4.78, 5) is 15.8. The van der Waals surface area contributed by atoms with Crippen LogP contribution >= 0.6 is 11.6 Å². The number of aromatic nitrogens is 4. The van der Waals surface area contributed by atoms with Crippen LogP contribution in [-0.4, -0.2) is 38.2 Å². The summed E-state index contributed by atoms with van der Waals surface area (Å²) < 4.78 is 53.9. The number of nitrogens with one attached hydrogen (secondary N) is 2. The van der Waals surface area contributed by atoms with Crippen molar-refractivity contribution in [2.75, 3.05) is 10.6 Å². The van der Waals surface area contributed by atoms with Gasteiger partial charge in [-0.25, -0.2) is 4.98 Å². The Morgan fingerprint density at radius 3 is 2.25 bits per heavy atom. The largest absolute Gasteiger partial charge is 0.408 e. The fourth-order valence-corrected chi connectivity index (χ4v) is 1.75. The van der Waals surface area contributed by atoms with E-state index < -0.39 is 18.2 Å². The second-order valence-corrected chi connectivity index (χ2v) is 5.50. The monoisotopic (exact) mass is 362 g/mol. The molecule has 10 heteroatoms. The zero-order valence-electron chi connectivity index (χ0n) is 15.0. The van der Waals surface area contributed by atoms with Gasteiger partial charge in [-0.1, -0.05) is 17.6 Å². The van der Waals surface area contributed by atoms with Crippen LogP contribution in [0.5, 0.6) is 0 Å². The van der Waals surface area contributed by atoms with Gasteiger partial charge >= 0.3 is 6.18 Å². The minimum Gasteiger partial charge on any atom is -0.352 e. The van der Waals surface area contributed by atoms with Gasteiger partial charge < -0.3 is 10.6 Å². The molecule has 6 nitrogen and oxygen atoms in total. The summed E-state index contributed by atoms with van der Waals surface area (Å²) in [6.07, 6.45) is -4.50. The molecule has 0 amide bonds. The third kappa shape index (κ3) is 4.92. The molecule has 2 aromatic heterocycles. The average Bonchev–Trinajstić information content (AvgIpc) is 2.43. The van der Waals surface area contributed by atoms with E-state index in [0.717, 1.165) is 6.92 Å². The number of halogens is 4. The second-order valence-electron chi connectivity index (χ2n) is 5.11. The summed E-state index contributed by atoms with van der Waals surface area (Å²) in [5.74, 6) is -0.542. The molecule has 24 heavy (non-hydrogen) atoms. The highest BCUT2D eigenvalue weighted by atomic mass is 35.5. The number of pyridine rings is 1. The Labute approximate surface area is 144 Å². The maximum atomic E-state index is 12.8. The Balaban J connectivity index is 2.49. The lowest BCUT2D eigenvalue weighted by molar-refractivity contribution is -0.138. The van der Waals surface area contributed by atoms with Crippen molar-refractivity contribution in [2.24, 2.45) is 0 Å². The molecule has 0 radical (unpaired) electrons. The van der Waals surface area contributed by atoms with E-state index in [9.17, 15) is 13.2 Å². The summed E-state index contributed by atoms with van der Waals surface area (Å²) in [6, 6.07) is -0.451. The van der Waals surface area contributed by atoms with Crippen molar-refractivity contribution in [3.05, 3.63) is 23.3 Å². The molecule has 0 saturated heterocycles. The van der Waals surface area contributed by atoms with Gasteiger partial charge in [0.25, 0.3) is 0 Å². The first-order valence-corrected chi connectivity index (χ1v) is 7.23. The second kappa shape index (κ2) is 7.16. The molecular weight excluding hydrogens is 345 g/mol. The van der Waals surface area contributed by atoms with Crippen LogP contribution in [0.2, 0.25) is 5.15 Å². The first kappa shape index (κ1) is 15.4. The third-order valence-electron chi connectivity index (χ3n) is 2.71. The van der Waals surface area contributed by atoms with Gasteiger partial charge in [0.1, 0.15) is 16.9 Å². The molecule has 1 atom stereocenters. The lowest BCUT2D eigenvalue weighted by atomic mass is 10.3. The first-order valence-electron chi connectivity index (χ1n) is 7.85. The first-order chi connectivity index (χ1) is 11.8. The average molecular weight is 363 g/mol.